The Bertz CT molecular complexity index is 464. The highest BCUT2D eigenvalue weighted by Crippen LogP contribution is 2.18. The smallest absolute Gasteiger partial charge is 0.341 e. The summed E-state index contributed by atoms with van der Waals surface area (Å²) in [6, 6.07) is 5.24. The molecule has 0 bridgehead atoms. The number of aromatic amines is 1. The number of rotatable bonds is 3. The first-order valence-corrected chi connectivity index (χ1v) is 4.03. The van der Waals surface area contributed by atoms with Gasteiger partial charge >= 0.3 is 5.97 Å². The van der Waals surface area contributed by atoms with Gasteiger partial charge in [-0.05, 0) is 12.1 Å². The number of nitrogens with one attached hydrogen (secondary N) is 1. The second-order valence-corrected chi connectivity index (χ2v) is 2.80. The number of hydrogen-bond acceptors (Lipinski definition) is 3. The third-order valence-electron chi connectivity index (χ3n) is 1.78. The first-order chi connectivity index (χ1) is 6.75. The largest absolute Gasteiger partial charge is 0.482 e. The van der Waals surface area contributed by atoms with Crippen molar-refractivity contribution >= 4 is 16.9 Å². The minimum absolute atomic E-state index is 0.334. The van der Waals surface area contributed by atoms with Gasteiger partial charge in [0.25, 0.3) is 0 Å². The van der Waals surface area contributed by atoms with Crippen LogP contribution in [0, 0.1) is 0 Å². The van der Waals surface area contributed by atoms with E-state index in [0.29, 0.717) is 5.75 Å². The third kappa shape index (κ3) is 1.66. The van der Waals surface area contributed by atoms with E-state index in [1.54, 1.807) is 18.3 Å². The molecule has 72 valence electrons. The highest BCUT2D eigenvalue weighted by atomic mass is 16.5. The molecule has 0 radical (unpaired) electrons. The first-order valence-electron chi connectivity index (χ1n) is 4.03. The lowest BCUT2D eigenvalue weighted by atomic mass is 10.2. The molecule has 0 spiro atoms. The van der Waals surface area contributed by atoms with Crippen LogP contribution in [0.3, 0.4) is 0 Å². The van der Waals surface area contributed by atoms with Gasteiger partial charge in [0.05, 0.1) is 11.7 Å². The molecule has 0 fully saturated rings. The lowest BCUT2D eigenvalue weighted by molar-refractivity contribution is -0.139. The van der Waals surface area contributed by atoms with Crippen LogP contribution in [0.4, 0.5) is 0 Å². The highest BCUT2D eigenvalue weighted by molar-refractivity contribution is 5.79. The van der Waals surface area contributed by atoms with Gasteiger partial charge in [-0.3, -0.25) is 5.10 Å². The van der Waals surface area contributed by atoms with E-state index in [1.165, 1.54) is 0 Å². The maximum absolute atomic E-state index is 10.2. The number of H-pyrrole nitrogens is 1. The van der Waals surface area contributed by atoms with Crippen molar-refractivity contribution in [3.63, 3.8) is 0 Å². The lowest BCUT2D eigenvalue weighted by Gasteiger charge is -2.01. The number of carboxylic acids is 1. The SMILES string of the molecule is O=C(O)COc1ccc2cn[nH]c2c1. The van der Waals surface area contributed by atoms with Crippen LogP contribution in [-0.4, -0.2) is 27.9 Å². The van der Waals surface area contributed by atoms with E-state index >= 15 is 0 Å². The number of fused-ring (bicyclic) bond motifs is 1. The normalized spacial score (nSPS) is 10.3. The highest BCUT2D eigenvalue weighted by Gasteiger charge is 2.01. The zero-order chi connectivity index (χ0) is 9.97. The Labute approximate surface area is 79.3 Å². The minimum Gasteiger partial charge on any atom is -0.482 e. The van der Waals surface area contributed by atoms with E-state index < -0.39 is 5.97 Å². The molecule has 0 aliphatic carbocycles. The van der Waals surface area contributed by atoms with Gasteiger partial charge in [0.15, 0.2) is 6.61 Å². The second-order valence-electron chi connectivity index (χ2n) is 2.80. The number of ether oxygens (including phenoxy) is 1. The number of carboxylic acid groups (broad SMARTS) is 1. The molecule has 1 aromatic heterocycles. The van der Waals surface area contributed by atoms with Crippen LogP contribution >= 0.6 is 0 Å². The molecule has 1 aromatic carbocycles. The molecule has 0 amide bonds. The fourth-order valence-corrected chi connectivity index (χ4v) is 1.15. The second kappa shape index (κ2) is 3.37. The van der Waals surface area contributed by atoms with Gasteiger partial charge in [-0.15, -0.1) is 0 Å². The monoisotopic (exact) mass is 192 g/mol. The summed E-state index contributed by atoms with van der Waals surface area (Å²) in [6.07, 6.45) is 1.69. The fourth-order valence-electron chi connectivity index (χ4n) is 1.15. The van der Waals surface area contributed by atoms with Crippen molar-refractivity contribution in [2.75, 3.05) is 6.61 Å². The van der Waals surface area contributed by atoms with Crippen LogP contribution in [0.1, 0.15) is 0 Å². The molecule has 2 N–H and O–H groups in total. The lowest BCUT2D eigenvalue weighted by Crippen LogP contribution is -2.09. The summed E-state index contributed by atoms with van der Waals surface area (Å²) in [4.78, 5) is 10.2. The molecule has 0 aliphatic heterocycles. The number of aromatic nitrogens is 2. The molecule has 2 aromatic rings. The van der Waals surface area contributed by atoms with Gasteiger partial charge < -0.3 is 9.84 Å². The number of nitrogens with zero attached hydrogens (tertiary/aromatic N) is 1. The summed E-state index contributed by atoms with van der Waals surface area (Å²) in [5, 5.41) is 16.0. The van der Waals surface area contributed by atoms with Gasteiger partial charge in [-0.2, -0.15) is 5.10 Å². The zero-order valence-electron chi connectivity index (χ0n) is 7.23. The van der Waals surface area contributed by atoms with E-state index in [1.807, 2.05) is 6.07 Å². The van der Waals surface area contributed by atoms with Crippen molar-refractivity contribution in [1.82, 2.24) is 10.2 Å². The van der Waals surface area contributed by atoms with Crippen molar-refractivity contribution in [1.29, 1.82) is 0 Å². The van der Waals surface area contributed by atoms with Crippen molar-refractivity contribution in [2.24, 2.45) is 0 Å². The summed E-state index contributed by atoms with van der Waals surface area (Å²) in [6.45, 7) is -0.334. The van der Waals surface area contributed by atoms with Crippen LogP contribution in [0.2, 0.25) is 0 Å². The summed E-state index contributed by atoms with van der Waals surface area (Å²) in [7, 11) is 0. The van der Waals surface area contributed by atoms with Gasteiger partial charge in [0.1, 0.15) is 5.75 Å². The van der Waals surface area contributed by atoms with Gasteiger partial charge in [0.2, 0.25) is 0 Å². The van der Waals surface area contributed by atoms with Gasteiger partial charge in [-0.25, -0.2) is 4.79 Å². The molecule has 0 unspecified atom stereocenters. The molecule has 5 nitrogen and oxygen atoms in total. The Kier molecular flexibility index (Phi) is 2.06. The van der Waals surface area contributed by atoms with Crippen molar-refractivity contribution in [3.8, 4) is 5.75 Å². The third-order valence-corrected chi connectivity index (χ3v) is 1.78. The number of benzene rings is 1. The average molecular weight is 192 g/mol. The summed E-state index contributed by atoms with van der Waals surface area (Å²) < 4.78 is 5.00. The molecule has 2 rings (SSSR count). The number of aliphatic carboxylic acids is 1. The maximum Gasteiger partial charge on any atom is 0.341 e. The Morgan fingerprint density at radius 3 is 3.21 bits per heavy atom. The molecule has 0 aliphatic rings. The van der Waals surface area contributed by atoms with Crippen molar-refractivity contribution in [3.05, 3.63) is 24.4 Å². The molecular formula is C9H8N2O3. The van der Waals surface area contributed by atoms with E-state index in [2.05, 4.69) is 10.2 Å². The zero-order valence-corrected chi connectivity index (χ0v) is 7.23. The summed E-state index contributed by atoms with van der Waals surface area (Å²) >= 11 is 0. The van der Waals surface area contributed by atoms with Crippen molar-refractivity contribution in [2.45, 2.75) is 0 Å². The van der Waals surface area contributed by atoms with E-state index in [4.69, 9.17) is 9.84 Å². The summed E-state index contributed by atoms with van der Waals surface area (Å²) in [5.41, 5.74) is 0.827. The van der Waals surface area contributed by atoms with Gasteiger partial charge in [-0.1, -0.05) is 0 Å². The molecule has 1 heterocycles. The van der Waals surface area contributed by atoms with Crippen LogP contribution in [0.25, 0.3) is 10.9 Å². The minimum atomic E-state index is -0.991. The standard InChI is InChI=1S/C9H8N2O3/c12-9(13)5-14-7-2-1-6-4-10-11-8(6)3-7/h1-4H,5H2,(H,10,11)(H,12,13). The Hall–Kier alpha value is -2.04. The van der Waals surface area contributed by atoms with E-state index in [9.17, 15) is 4.79 Å². The molecular weight excluding hydrogens is 184 g/mol. The summed E-state index contributed by atoms with van der Waals surface area (Å²) in [5.74, 6) is -0.473. The predicted molar refractivity (Wildman–Crippen MR) is 49.2 cm³/mol. The quantitative estimate of drug-likeness (QED) is 0.761. The molecule has 0 saturated heterocycles. The Morgan fingerprint density at radius 2 is 2.43 bits per heavy atom. The average Bonchev–Trinajstić information content (AvgIpc) is 2.61. The Morgan fingerprint density at radius 1 is 1.57 bits per heavy atom. The number of hydrogen-bond donors (Lipinski definition) is 2. The van der Waals surface area contributed by atoms with E-state index in [0.717, 1.165) is 10.9 Å². The van der Waals surface area contributed by atoms with Crippen LogP contribution in [-0.2, 0) is 4.79 Å². The molecule has 0 atom stereocenters. The topological polar surface area (TPSA) is 75.2 Å². The van der Waals surface area contributed by atoms with Crippen LogP contribution in [0.15, 0.2) is 24.4 Å². The predicted octanol–water partition coefficient (Wildman–Crippen LogP) is 1.03. The van der Waals surface area contributed by atoms with Crippen molar-refractivity contribution < 1.29 is 14.6 Å². The maximum atomic E-state index is 10.2. The van der Waals surface area contributed by atoms with Gasteiger partial charge in [0, 0.05) is 11.5 Å². The molecule has 0 saturated carbocycles. The Balaban J connectivity index is 2.21. The molecule has 5 heteroatoms. The fraction of sp³-hybridized carbons (Fsp3) is 0.111. The molecule has 14 heavy (non-hydrogen) atoms. The van der Waals surface area contributed by atoms with Crippen LogP contribution in [0.5, 0.6) is 5.75 Å². The van der Waals surface area contributed by atoms with E-state index in [-0.39, 0.29) is 6.61 Å². The number of carbonyl (C=O) groups is 1. The van der Waals surface area contributed by atoms with Crippen LogP contribution < -0.4 is 4.74 Å². The first kappa shape index (κ1) is 8.55.